The molecule has 1 aromatic rings. The zero-order valence-corrected chi connectivity index (χ0v) is 9.38. The summed E-state index contributed by atoms with van der Waals surface area (Å²) in [6.07, 6.45) is 4.30. The lowest BCUT2D eigenvalue weighted by molar-refractivity contribution is 0.176. The SMILES string of the molecule is C#CCOC(=O)Nc1cc(Cl)ccc1OC. The summed E-state index contributed by atoms with van der Waals surface area (Å²) in [6, 6.07) is 4.84. The van der Waals surface area contributed by atoms with Crippen LogP contribution >= 0.6 is 11.6 Å². The molecule has 1 rings (SSSR count). The summed E-state index contributed by atoms with van der Waals surface area (Å²) in [7, 11) is 1.49. The van der Waals surface area contributed by atoms with Crippen molar-refractivity contribution in [2.45, 2.75) is 0 Å². The number of amides is 1. The van der Waals surface area contributed by atoms with Crippen LogP contribution in [0.5, 0.6) is 5.75 Å². The summed E-state index contributed by atoms with van der Waals surface area (Å²) in [6.45, 7) is -0.0886. The summed E-state index contributed by atoms with van der Waals surface area (Å²) >= 11 is 5.78. The maximum Gasteiger partial charge on any atom is 0.412 e. The standard InChI is InChI=1S/C11H10ClNO3/c1-3-6-16-11(14)13-9-7-8(12)4-5-10(9)15-2/h1,4-5,7H,6H2,2H3,(H,13,14). The van der Waals surface area contributed by atoms with Crippen LogP contribution in [0.3, 0.4) is 0 Å². The van der Waals surface area contributed by atoms with E-state index in [1.165, 1.54) is 7.11 Å². The van der Waals surface area contributed by atoms with Gasteiger partial charge in [0.05, 0.1) is 12.8 Å². The molecular weight excluding hydrogens is 230 g/mol. The van der Waals surface area contributed by atoms with Crippen molar-refractivity contribution in [3.05, 3.63) is 23.2 Å². The fraction of sp³-hybridized carbons (Fsp3) is 0.182. The van der Waals surface area contributed by atoms with E-state index in [9.17, 15) is 4.79 Å². The average Bonchev–Trinajstić information content (AvgIpc) is 2.27. The Hall–Kier alpha value is -1.86. The Morgan fingerprint density at radius 3 is 3.00 bits per heavy atom. The molecule has 1 aromatic carbocycles. The third kappa shape index (κ3) is 3.37. The lowest BCUT2D eigenvalue weighted by Gasteiger charge is -2.09. The van der Waals surface area contributed by atoms with Gasteiger partial charge in [0.15, 0.2) is 6.61 Å². The Labute approximate surface area is 98.5 Å². The number of carbonyl (C=O) groups excluding carboxylic acids is 1. The molecule has 0 bridgehead atoms. The molecule has 5 heteroatoms. The minimum absolute atomic E-state index is 0.0886. The molecule has 0 aromatic heterocycles. The third-order valence-electron chi connectivity index (χ3n) is 1.68. The first kappa shape index (κ1) is 12.2. The number of nitrogens with one attached hydrogen (secondary N) is 1. The average molecular weight is 240 g/mol. The van der Waals surface area contributed by atoms with Crippen LogP contribution in [-0.2, 0) is 4.74 Å². The zero-order valence-electron chi connectivity index (χ0n) is 8.62. The molecule has 0 spiro atoms. The first-order valence-corrected chi connectivity index (χ1v) is 4.76. The highest BCUT2D eigenvalue weighted by molar-refractivity contribution is 6.31. The van der Waals surface area contributed by atoms with Gasteiger partial charge in [-0.25, -0.2) is 4.79 Å². The third-order valence-corrected chi connectivity index (χ3v) is 1.92. The smallest absolute Gasteiger partial charge is 0.412 e. The number of hydrogen-bond acceptors (Lipinski definition) is 3. The van der Waals surface area contributed by atoms with Gasteiger partial charge < -0.3 is 9.47 Å². The molecule has 4 nitrogen and oxygen atoms in total. The van der Waals surface area contributed by atoms with Crippen molar-refractivity contribution in [2.24, 2.45) is 0 Å². The Morgan fingerprint density at radius 1 is 1.62 bits per heavy atom. The van der Waals surface area contributed by atoms with Crippen molar-refractivity contribution < 1.29 is 14.3 Å². The number of ether oxygens (including phenoxy) is 2. The number of terminal acetylenes is 1. The molecule has 1 amide bonds. The number of hydrogen-bond donors (Lipinski definition) is 1. The van der Waals surface area contributed by atoms with Crippen molar-refractivity contribution in [3.8, 4) is 18.1 Å². The van der Waals surface area contributed by atoms with Crippen LogP contribution in [0.15, 0.2) is 18.2 Å². The van der Waals surface area contributed by atoms with Crippen molar-refractivity contribution in [2.75, 3.05) is 19.0 Å². The second-order valence-corrected chi connectivity index (χ2v) is 3.19. The predicted molar refractivity (Wildman–Crippen MR) is 61.8 cm³/mol. The number of halogens is 1. The number of rotatable bonds is 3. The first-order valence-electron chi connectivity index (χ1n) is 4.38. The van der Waals surface area contributed by atoms with Crippen LogP contribution in [0.1, 0.15) is 0 Å². The molecular formula is C11H10ClNO3. The van der Waals surface area contributed by atoms with Gasteiger partial charge in [0.1, 0.15) is 5.75 Å². The molecule has 0 aliphatic carbocycles. The minimum atomic E-state index is -0.654. The molecule has 16 heavy (non-hydrogen) atoms. The predicted octanol–water partition coefficient (Wildman–Crippen LogP) is 2.53. The molecule has 0 heterocycles. The summed E-state index contributed by atoms with van der Waals surface area (Å²) < 4.78 is 9.69. The van der Waals surface area contributed by atoms with Gasteiger partial charge >= 0.3 is 6.09 Å². The first-order chi connectivity index (χ1) is 7.67. The van der Waals surface area contributed by atoms with E-state index in [0.29, 0.717) is 16.5 Å². The highest BCUT2D eigenvalue weighted by Crippen LogP contribution is 2.27. The largest absolute Gasteiger partial charge is 0.495 e. The Balaban J connectivity index is 2.76. The van der Waals surface area contributed by atoms with Crippen LogP contribution < -0.4 is 10.1 Å². The topological polar surface area (TPSA) is 47.6 Å². The van der Waals surface area contributed by atoms with E-state index in [4.69, 9.17) is 22.8 Å². The van der Waals surface area contributed by atoms with Crippen LogP contribution in [0.2, 0.25) is 5.02 Å². The van der Waals surface area contributed by atoms with E-state index in [1.807, 2.05) is 0 Å². The number of carbonyl (C=O) groups is 1. The maximum absolute atomic E-state index is 11.2. The monoisotopic (exact) mass is 239 g/mol. The minimum Gasteiger partial charge on any atom is -0.495 e. The summed E-state index contributed by atoms with van der Waals surface area (Å²) in [4.78, 5) is 11.2. The van der Waals surface area contributed by atoms with Crippen molar-refractivity contribution in [3.63, 3.8) is 0 Å². The van der Waals surface area contributed by atoms with Gasteiger partial charge in [-0.05, 0) is 18.2 Å². The number of benzene rings is 1. The van der Waals surface area contributed by atoms with Gasteiger partial charge in [-0.1, -0.05) is 17.5 Å². The van der Waals surface area contributed by atoms with Crippen molar-refractivity contribution >= 4 is 23.4 Å². The number of methoxy groups -OCH3 is 1. The Morgan fingerprint density at radius 2 is 2.38 bits per heavy atom. The van der Waals surface area contributed by atoms with E-state index in [1.54, 1.807) is 18.2 Å². The van der Waals surface area contributed by atoms with Crippen molar-refractivity contribution in [1.82, 2.24) is 0 Å². The molecule has 0 atom stereocenters. The van der Waals surface area contributed by atoms with Gasteiger partial charge in [0, 0.05) is 5.02 Å². The van der Waals surface area contributed by atoms with E-state index in [2.05, 4.69) is 16.0 Å². The van der Waals surface area contributed by atoms with Gasteiger partial charge in [0.25, 0.3) is 0 Å². The molecule has 0 radical (unpaired) electrons. The summed E-state index contributed by atoms with van der Waals surface area (Å²) in [5.74, 6) is 2.67. The lowest BCUT2D eigenvalue weighted by atomic mass is 10.3. The quantitative estimate of drug-likeness (QED) is 0.825. The van der Waals surface area contributed by atoms with Crippen LogP contribution in [-0.4, -0.2) is 19.8 Å². The molecule has 0 fully saturated rings. The van der Waals surface area contributed by atoms with E-state index in [0.717, 1.165) is 0 Å². The molecule has 0 aliphatic heterocycles. The van der Waals surface area contributed by atoms with Gasteiger partial charge in [-0.15, -0.1) is 6.42 Å². The lowest BCUT2D eigenvalue weighted by Crippen LogP contribution is -2.14. The second kappa shape index (κ2) is 5.89. The summed E-state index contributed by atoms with van der Waals surface area (Å²) in [5.41, 5.74) is 0.428. The fourth-order valence-corrected chi connectivity index (χ4v) is 1.20. The van der Waals surface area contributed by atoms with Gasteiger partial charge in [0.2, 0.25) is 0 Å². The van der Waals surface area contributed by atoms with Gasteiger partial charge in [-0.3, -0.25) is 5.32 Å². The highest BCUT2D eigenvalue weighted by atomic mass is 35.5. The van der Waals surface area contributed by atoms with E-state index in [-0.39, 0.29) is 6.61 Å². The molecule has 0 unspecified atom stereocenters. The molecule has 0 aliphatic rings. The maximum atomic E-state index is 11.2. The molecule has 0 saturated heterocycles. The Kier molecular flexibility index (Phi) is 4.49. The second-order valence-electron chi connectivity index (χ2n) is 2.75. The van der Waals surface area contributed by atoms with Gasteiger partial charge in [-0.2, -0.15) is 0 Å². The van der Waals surface area contributed by atoms with Crippen molar-refractivity contribution in [1.29, 1.82) is 0 Å². The van der Waals surface area contributed by atoms with Crippen LogP contribution in [0, 0.1) is 12.3 Å². The molecule has 84 valence electrons. The fourth-order valence-electron chi connectivity index (χ4n) is 1.03. The van der Waals surface area contributed by atoms with E-state index < -0.39 is 6.09 Å². The summed E-state index contributed by atoms with van der Waals surface area (Å²) in [5, 5.41) is 2.95. The highest BCUT2D eigenvalue weighted by Gasteiger charge is 2.08. The molecule has 0 saturated carbocycles. The Bertz CT molecular complexity index is 426. The number of anilines is 1. The zero-order chi connectivity index (χ0) is 12.0. The molecule has 1 N–H and O–H groups in total. The van der Waals surface area contributed by atoms with E-state index >= 15 is 0 Å². The van der Waals surface area contributed by atoms with Crippen LogP contribution in [0.25, 0.3) is 0 Å². The normalized spacial score (nSPS) is 9.06. The van der Waals surface area contributed by atoms with Crippen LogP contribution in [0.4, 0.5) is 10.5 Å².